The Morgan fingerprint density at radius 3 is 2.64 bits per heavy atom. The molecule has 1 heterocycles. The molecule has 0 aromatic heterocycles. The normalized spacial score (nSPS) is 14.3. The second-order valence-electron chi connectivity index (χ2n) is 5.54. The Balaban J connectivity index is 0.00000288. The maximum absolute atomic E-state index is 8.82. The number of hydrogen-bond donors (Lipinski definition) is 2. The molecule has 0 unspecified atom stereocenters. The summed E-state index contributed by atoms with van der Waals surface area (Å²) in [5, 5.41) is 12.3. The summed E-state index contributed by atoms with van der Waals surface area (Å²) in [6.45, 7) is 7.00. The summed E-state index contributed by atoms with van der Waals surface area (Å²) in [6.07, 6.45) is 1.13. The second kappa shape index (κ2) is 14.4. The van der Waals surface area contributed by atoms with Crippen molar-refractivity contribution in [3.05, 3.63) is 23.8 Å². The number of methoxy groups -OCH3 is 1. The molecular formula is C17H30Cl2N2O4. The molecule has 1 saturated heterocycles. The van der Waals surface area contributed by atoms with Crippen LogP contribution >= 0.6 is 24.8 Å². The number of morpholine rings is 1. The summed E-state index contributed by atoms with van der Waals surface area (Å²) in [5.41, 5.74) is 1.16. The lowest BCUT2D eigenvalue weighted by molar-refractivity contribution is 0.0374. The van der Waals surface area contributed by atoms with Crippen LogP contribution < -0.4 is 14.8 Å². The van der Waals surface area contributed by atoms with Gasteiger partial charge in [0.2, 0.25) is 0 Å². The number of nitrogens with one attached hydrogen (secondary N) is 1. The molecule has 0 bridgehead atoms. The number of benzene rings is 1. The topological polar surface area (TPSA) is 63.2 Å². The molecule has 25 heavy (non-hydrogen) atoms. The minimum Gasteiger partial charge on any atom is -0.493 e. The summed E-state index contributed by atoms with van der Waals surface area (Å²) in [4.78, 5) is 2.45. The quantitative estimate of drug-likeness (QED) is 0.587. The van der Waals surface area contributed by atoms with E-state index >= 15 is 0 Å². The Hall–Kier alpha value is -0.760. The van der Waals surface area contributed by atoms with Crippen LogP contribution in [0.3, 0.4) is 0 Å². The molecule has 146 valence electrons. The third-order valence-corrected chi connectivity index (χ3v) is 3.84. The monoisotopic (exact) mass is 396 g/mol. The van der Waals surface area contributed by atoms with E-state index in [0.717, 1.165) is 57.9 Å². The van der Waals surface area contributed by atoms with E-state index < -0.39 is 0 Å². The van der Waals surface area contributed by atoms with Crippen molar-refractivity contribution in [1.29, 1.82) is 0 Å². The predicted octanol–water partition coefficient (Wildman–Crippen LogP) is 1.72. The van der Waals surface area contributed by atoms with Gasteiger partial charge in [-0.15, -0.1) is 24.8 Å². The van der Waals surface area contributed by atoms with Crippen LogP contribution in [0.25, 0.3) is 0 Å². The van der Waals surface area contributed by atoms with Crippen molar-refractivity contribution < 1.29 is 19.3 Å². The van der Waals surface area contributed by atoms with Crippen molar-refractivity contribution in [2.75, 3.05) is 59.7 Å². The fourth-order valence-corrected chi connectivity index (χ4v) is 2.58. The molecule has 1 fully saturated rings. The minimum atomic E-state index is -0.00436. The highest BCUT2D eigenvalue weighted by atomic mass is 35.5. The first-order valence-electron chi connectivity index (χ1n) is 8.25. The highest BCUT2D eigenvalue weighted by molar-refractivity contribution is 5.85. The van der Waals surface area contributed by atoms with E-state index in [4.69, 9.17) is 19.3 Å². The zero-order chi connectivity index (χ0) is 16.3. The van der Waals surface area contributed by atoms with Crippen LogP contribution in [-0.2, 0) is 11.3 Å². The van der Waals surface area contributed by atoms with E-state index in [2.05, 4.69) is 10.2 Å². The smallest absolute Gasteiger partial charge is 0.161 e. The van der Waals surface area contributed by atoms with Crippen molar-refractivity contribution in [2.45, 2.75) is 13.0 Å². The summed E-state index contributed by atoms with van der Waals surface area (Å²) in [7, 11) is 1.63. The van der Waals surface area contributed by atoms with Gasteiger partial charge in [-0.05, 0) is 37.2 Å². The van der Waals surface area contributed by atoms with Crippen molar-refractivity contribution in [2.24, 2.45) is 0 Å². The Labute approximate surface area is 162 Å². The molecule has 1 aromatic carbocycles. The van der Waals surface area contributed by atoms with E-state index in [1.807, 2.05) is 18.2 Å². The van der Waals surface area contributed by atoms with Crippen LogP contribution in [0.1, 0.15) is 12.0 Å². The first kappa shape index (κ1) is 24.2. The van der Waals surface area contributed by atoms with E-state index in [1.165, 1.54) is 0 Å². The maximum atomic E-state index is 8.82. The largest absolute Gasteiger partial charge is 0.493 e. The lowest BCUT2D eigenvalue weighted by Crippen LogP contribution is -2.37. The summed E-state index contributed by atoms with van der Waals surface area (Å²) in [6, 6.07) is 5.88. The maximum Gasteiger partial charge on any atom is 0.161 e. The lowest BCUT2D eigenvalue weighted by Gasteiger charge is -2.26. The molecule has 0 saturated carbocycles. The summed E-state index contributed by atoms with van der Waals surface area (Å²) in [5.74, 6) is 1.36. The van der Waals surface area contributed by atoms with Crippen LogP contribution in [0.2, 0.25) is 0 Å². The van der Waals surface area contributed by atoms with E-state index in [0.29, 0.717) is 11.5 Å². The van der Waals surface area contributed by atoms with Crippen LogP contribution in [0.4, 0.5) is 0 Å². The highest BCUT2D eigenvalue weighted by Crippen LogP contribution is 2.27. The minimum absolute atomic E-state index is 0. The number of rotatable bonds is 10. The first-order valence-corrected chi connectivity index (χ1v) is 8.25. The van der Waals surface area contributed by atoms with Crippen LogP contribution in [0.5, 0.6) is 11.5 Å². The van der Waals surface area contributed by atoms with E-state index in [1.54, 1.807) is 7.11 Å². The third kappa shape index (κ3) is 8.94. The molecule has 6 nitrogen and oxygen atoms in total. The molecule has 8 heteroatoms. The lowest BCUT2D eigenvalue weighted by atomic mass is 10.2. The fraction of sp³-hybridized carbons (Fsp3) is 0.647. The van der Waals surface area contributed by atoms with Crippen LogP contribution in [0, 0.1) is 0 Å². The second-order valence-corrected chi connectivity index (χ2v) is 5.54. The van der Waals surface area contributed by atoms with Gasteiger partial charge in [-0.25, -0.2) is 0 Å². The van der Waals surface area contributed by atoms with Crippen LogP contribution in [-0.4, -0.2) is 69.7 Å². The molecule has 0 atom stereocenters. The average molecular weight is 397 g/mol. The average Bonchev–Trinajstić information content (AvgIpc) is 2.61. The van der Waals surface area contributed by atoms with Crippen molar-refractivity contribution >= 4 is 24.8 Å². The fourth-order valence-electron chi connectivity index (χ4n) is 2.58. The third-order valence-electron chi connectivity index (χ3n) is 3.84. The van der Waals surface area contributed by atoms with Gasteiger partial charge in [0.05, 0.1) is 26.9 Å². The van der Waals surface area contributed by atoms with Gasteiger partial charge in [0.25, 0.3) is 0 Å². The van der Waals surface area contributed by atoms with Gasteiger partial charge in [0, 0.05) is 19.6 Å². The molecule has 1 aromatic rings. The van der Waals surface area contributed by atoms with Crippen molar-refractivity contribution in [3.63, 3.8) is 0 Å². The van der Waals surface area contributed by atoms with Gasteiger partial charge in [0.15, 0.2) is 11.5 Å². The molecule has 2 rings (SSSR count). The summed E-state index contributed by atoms with van der Waals surface area (Å²) < 4.78 is 16.1. The Bertz CT molecular complexity index is 460. The molecule has 0 radical (unpaired) electrons. The highest BCUT2D eigenvalue weighted by Gasteiger charge is 2.09. The number of ether oxygens (including phenoxy) is 3. The number of halogens is 2. The SMILES string of the molecule is COc1cc(CNCCCN2CCOCC2)ccc1OCCO.Cl.Cl. The predicted molar refractivity (Wildman–Crippen MR) is 104 cm³/mol. The zero-order valence-electron chi connectivity index (χ0n) is 14.7. The number of hydrogen-bond acceptors (Lipinski definition) is 6. The number of aliphatic hydroxyl groups is 1. The van der Waals surface area contributed by atoms with Gasteiger partial charge in [-0.3, -0.25) is 4.90 Å². The number of nitrogens with zero attached hydrogens (tertiary/aromatic N) is 1. The first-order chi connectivity index (χ1) is 11.3. The molecule has 0 spiro atoms. The molecular weight excluding hydrogens is 367 g/mol. The molecule has 1 aliphatic heterocycles. The van der Waals surface area contributed by atoms with Crippen molar-refractivity contribution in [3.8, 4) is 11.5 Å². The number of aliphatic hydroxyl groups excluding tert-OH is 1. The van der Waals surface area contributed by atoms with E-state index in [9.17, 15) is 0 Å². The molecule has 0 aliphatic carbocycles. The van der Waals surface area contributed by atoms with Gasteiger partial charge >= 0.3 is 0 Å². The van der Waals surface area contributed by atoms with Crippen molar-refractivity contribution in [1.82, 2.24) is 10.2 Å². The van der Waals surface area contributed by atoms with Gasteiger partial charge < -0.3 is 24.6 Å². The molecule has 2 N–H and O–H groups in total. The Morgan fingerprint density at radius 2 is 1.96 bits per heavy atom. The van der Waals surface area contributed by atoms with Gasteiger partial charge in [-0.1, -0.05) is 6.07 Å². The standard InChI is InChI=1S/C17H28N2O4.2ClH/c1-21-17-13-15(3-4-16(17)23-12-9-20)14-18-5-2-6-19-7-10-22-11-8-19;;/h3-4,13,18,20H,2,5-12,14H2,1H3;2*1H. The Kier molecular flexibility index (Phi) is 14.0. The Morgan fingerprint density at radius 1 is 1.20 bits per heavy atom. The van der Waals surface area contributed by atoms with Crippen LogP contribution in [0.15, 0.2) is 18.2 Å². The van der Waals surface area contributed by atoms with E-state index in [-0.39, 0.29) is 38.0 Å². The summed E-state index contributed by atoms with van der Waals surface area (Å²) >= 11 is 0. The van der Waals surface area contributed by atoms with Gasteiger partial charge in [0.1, 0.15) is 6.61 Å². The van der Waals surface area contributed by atoms with Gasteiger partial charge in [-0.2, -0.15) is 0 Å². The molecule has 0 amide bonds. The molecule has 1 aliphatic rings. The zero-order valence-corrected chi connectivity index (χ0v) is 16.4.